The summed E-state index contributed by atoms with van der Waals surface area (Å²) < 4.78 is 0.779. The fourth-order valence-electron chi connectivity index (χ4n) is 1.98. The molecule has 0 amide bonds. The van der Waals surface area contributed by atoms with Crippen LogP contribution in [0.4, 0.5) is 0 Å². The molecule has 0 aliphatic carbocycles. The van der Waals surface area contributed by atoms with Crippen molar-refractivity contribution in [1.82, 2.24) is 0 Å². The first kappa shape index (κ1) is 14.8. The Morgan fingerprint density at radius 2 is 1.85 bits per heavy atom. The number of rotatable bonds is 4. The number of nitriles is 1. The molecule has 1 unspecified atom stereocenters. The van der Waals surface area contributed by atoms with Gasteiger partial charge < -0.3 is 0 Å². The highest BCUT2D eigenvalue weighted by Crippen LogP contribution is 2.30. The minimum Gasteiger partial charge on any atom is -0.292 e. The van der Waals surface area contributed by atoms with Crippen molar-refractivity contribution in [3.63, 3.8) is 0 Å². The molecule has 0 fully saturated rings. The maximum absolute atomic E-state index is 12.7. The minimum atomic E-state index is -0.793. The molecule has 2 aromatic rings. The highest BCUT2D eigenvalue weighted by Gasteiger charge is 2.25. The molecule has 0 heterocycles. The Morgan fingerprint density at radius 3 is 2.50 bits per heavy atom. The maximum Gasteiger partial charge on any atom is 0.185 e. The lowest BCUT2D eigenvalue weighted by Crippen LogP contribution is -2.12. The minimum absolute atomic E-state index is 0.163. The number of halogens is 1. The van der Waals surface area contributed by atoms with Crippen molar-refractivity contribution in [3.05, 3.63) is 64.1 Å². The first-order valence-corrected chi connectivity index (χ1v) is 8.02. The lowest BCUT2D eigenvalue weighted by atomic mass is 9.92. The zero-order valence-electron chi connectivity index (χ0n) is 10.8. The van der Waals surface area contributed by atoms with Crippen molar-refractivity contribution in [3.8, 4) is 6.07 Å². The van der Waals surface area contributed by atoms with Crippen molar-refractivity contribution in [2.24, 2.45) is 0 Å². The lowest BCUT2D eigenvalue weighted by Gasteiger charge is -2.12. The molecule has 0 aliphatic rings. The van der Waals surface area contributed by atoms with Gasteiger partial charge >= 0.3 is 0 Å². The van der Waals surface area contributed by atoms with E-state index in [0.717, 1.165) is 9.37 Å². The summed E-state index contributed by atoms with van der Waals surface area (Å²) in [4.78, 5) is 13.5. The fourth-order valence-corrected chi connectivity index (χ4v) is 3.10. The van der Waals surface area contributed by atoms with Crippen molar-refractivity contribution < 1.29 is 4.79 Å². The van der Waals surface area contributed by atoms with E-state index in [1.807, 2.05) is 42.7 Å². The van der Waals surface area contributed by atoms with Gasteiger partial charge in [0.1, 0.15) is 5.92 Å². The standard InChI is InChI=1S/C16H12BrNOS/c1-20-15-9-5-3-7-12(15)16(19)13(10-18)11-6-2-4-8-14(11)17/h2-9,13H,1H3. The molecule has 100 valence electrons. The average Bonchev–Trinajstić information content (AvgIpc) is 2.49. The van der Waals surface area contributed by atoms with Crippen LogP contribution in [0, 0.1) is 11.3 Å². The third-order valence-electron chi connectivity index (χ3n) is 2.98. The van der Waals surface area contributed by atoms with E-state index in [0.29, 0.717) is 11.1 Å². The van der Waals surface area contributed by atoms with Crippen LogP contribution >= 0.6 is 27.7 Å². The van der Waals surface area contributed by atoms with E-state index in [4.69, 9.17) is 0 Å². The fraction of sp³-hybridized carbons (Fsp3) is 0.125. The second-order valence-corrected chi connectivity index (χ2v) is 5.85. The predicted molar refractivity (Wildman–Crippen MR) is 85.0 cm³/mol. The third-order valence-corrected chi connectivity index (χ3v) is 4.50. The number of hydrogen-bond donors (Lipinski definition) is 0. The monoisotopic (exact) mass is 345 g/mol. The van der Waals surface area contributed by atoms with E-state index in [9.17, 15) is 10.1 Å². The number of nitrogens with zero attached hydrogens (tertiary/aromatic N) is 1. The predicted octanol–water partition coefficient (Wildman–Crippen LogP) is 4.66. The molecule has 1 atom stereocenters. The van der Waals surface area contributed by atoms with Gasteiger partial charge in [-0.3, -0.25) is 4.79 Å². The molecule has 0 bridgehead atoms. The Bertz CT molecular complexity index is 678. The van der Waals surface area contributed by atoms with E-state index in [1.54, 1.807) is 12.1 Å². The quantitative estimate of drug-likeness (QED) is 0.597. The summed E-state index contributed by atoms with van der Waals surface area (Å²) >= 11 is 4.91. The molecule has 2 aromatic carbocycles. The summed E-state index contributed by atoms with van der Waals surface area (Å²) in [6, 6.07) is 16.8. The zero-order valence-corrected chi connectivity index (χ0v) is 13.2. The molecule has 4 heteroatoms. The number of carbonyl (C=O) groups excluding carboxylic acids is 1. The van der Waals surface area contributed by atoms with Crippen LogP contribution < -0.4 is 0 Å². The van der Waals surface area contributed by atoms with Crippen molar-refractivity contribution in [2.75, 3.05) is 6.26 Å². The van der Waals surface area contributed by atoms with Crippen LogP contribution in [0.25, 0.3) is 0 Å². The van der Waals surface area contributed by atoms with Crippen molar-refractivity contribution >= 4 is 33.5 Å². The molecule has 0 saturated carbocycles. The largest absolute Gasteiger partial charge is 0.292 e. The Hall–Kier alpha value is -1.57. The number of thioether (sulfide) groups is 1. The Balaban J connectivity index is 2.46. The van der Waals surface area contributed by atoms with Gasteiger partial charge in [0.05, 0.1) is 6.07 Å². The van der Waals surface area contributed by atoms with Gasteiger partial charge in [0.15, 0.2) is 5.78 Å². The molecule has 2 nitrogen and oxygen atoms in total. The number of Topliss-reactive ketones (excluding diaryl/α,β-unsaturated/α-hetero) is 1. The molecule has 0 radical (unpaired) electrons. The normalized spacial score (nSPS) is 11.7. The van der Waals surface area contributed by atoms with Crippen molar-refractivity contribution in [2.45, 2.75) is 10.8 Å². The van der Waals surface area contributed by atoms with E-state index in [1.165, 1.54) is 11.8 Å². The van der Waals surface area contributed by atoms with E-state index >= 15 is 0 Å². The second kappa shape index (κ2) is 6.74. The van der Waals surface area contributed by atoms with Crippen LogP contribution in [0.3, 0.4) is 0 Å². The zero-order chi connectivity index (χ0) is 14.5. The Morgan fingerprint density at radius 1 is 1.20 bits per heavy atom. The molecular weight excluding hydrogens is 334 g/mol. The summed E-state index contributed by atoms with van der Waals surface area (Å²) in [5.41, 5.74) is 1.30. The van der Waals surface area contributed by atoms with Gasteiger partial charge in [-0.1, -0.05) is 52.3 Å². The van der Waals surface area contributed by atoms with E-state index < -0.39 is 5.92 Å². The molecule has 0 N–H and O–H groups in total. The SMILES string of the molecule is CSc1ccccc1C(=O)C(C#N)c1ccccc1Br. The summed E-state index contributed by atoms with van der Waals surface area (Å²) in [6.45, 7) is 0. The summed E-state index contributed by atoms with van der Waals surface area (Å²) in [5.74, 6) is -0.955. The number of benzene rings is 2. The Kier molecular flexibility index (Phi) is 4.99. The first-order valence-electron chi connectivity index (χ1n) is 6.00. The van der Waals surface area contributed by atoms with Crippen molar-refractivity contribution in [1.29, 1.82) is 5.26 Å². The maximum atomic E-state index is 12.7. The highest BCUT2D eigenvalue weighted by atomic mass is 79.9. The van der Waals surface area contributed by atoms with E-state index in [2.05, 4.69) is 22.0 Å². The summed E-state index contributed by atoms with van der Waals surface area (Å²) in [6.07, 6.45) is 1.92. The molecule has 0 aromatic heterocycles. The van der Waals surface area contributed by atoms with Gasteiger partial charge in [-0.15, -0.1) is 11.8 Å². The van der Waals surface area contributed by atoms with Gasteiger partial charge in [-0.2, -0.15) is 5.26 Å². The summed E-state index contributed by atoms with van der Waals surface area (Å²) in [7, 11) is 0. The molecule has 20 heavy (non-hydrogen) atoms. The Labute approximate surface area is 130 Å². The number of carbonyl (C=O) groups is 1. The van der Waals surface area contributed by atoms with Crippen LogP contribution in [0.15, 0.2) is 57.9 Å². The molecule has 0 spiro atoms. The van der Waals surface area contributed by atoms with E-state index in [-0.39, 0.29) is 5.78 Å². The van der Waals surface area contributed by atoms with Crippen LogP contribution in [0.2, 0.25) is 0 Å². The third kappa shape index (κ3) is 2.95. The first-order chi connectivity index (χ1) is 9.69. The van der Waals surface area contributed by atoms with Crippen LogP contribution in [0.1, 0.15) is 21.8 Å². The van der Waals surface area contributed by atoms with Gasteiger partial charge in [-0.25, -0.2) is 0 Å². The molecular formula is C16H12BrNOS. The molecule has 0 aliphatic heterocycles. The van der Waals surface area contributed by atoms with Crippen LogP contribution in [-0.4, -0.2) is 12.0 Å². The smallest absolute Gasteiger partial charge is 0.185 e. The van der Waals surface area contributed by atoms with Crippen LogP contribution in [-0.2, 0) is 0 Å². The lowest BCUT2D eigenvalue weighted by molar-refractivity contribution is 0.0976. The molecule has 0 saturated heterocycles. The highest BCUT2D eigenvalue weighted by molar-refractivity contribution is 9.10. The number of hydrogen-bond acceptors (Lipinski definition) is 3. The summed E-state index contributed by atoms with van der Waals surface area (Å²) in [5, 5.41) is 9.40. The average molecular weight is 346 g/mol. The second-order valence-electron chi connectivity index (χ2n) is 4.15. The number of ketones is 1. The molecule has 2 rings (SSSR count). The van der Waals surface area contributed by atoms with Gasteiger partial charge in [0.25, 0.3) is 0 Å². The van der Waals surface area contributed by atoms with Gasteiger partial charge in [-0.05, 0) is 24.0 Å². The van der Waals surface area contributed by atoms with Crippen LogP contribution in [0.5, 0.6) is 0 Å². The van der Waals surface area contributed by atoms with Gasteiger partial charge in [0.2, 0.25) is 0 Å². The van der Waals surface area contributed by atoms with Gasteiger partial charge in [0, 0.05) is 14.9 Å². The topological polar surface area (TPSA) is 40.9 Å².